The molecule has 0 saturated heterocycles. The lowest BCUT2D eigenvalue weighted by atomic mass is 10.2. The Morgan fingerprint density at radius 3 is 2.70 bits per heavy atom. The Bertz CT molecular complexity index is 1190. The standard InChI is InChI=1S/C23H24N4O3/c1-4-27-18-9-7-11-21(29-3)16(18)12-19(27)17-13-22(26-25-17)24-23(28)14-30-20-10-6-5-8-15(20)2/h5-13H,4,14H2,1-3H3,(H2,24,25,26,28). The fraction of sp³-hybridized carbons (Fsp3) is 0.217. The molecule has 1 amide bonds. The van der Waals surface area contributed by atoms with Crippen molar-refractivity contribution in [2.45, 2.75) is 20.4 Å². The van der Waals surface area contributed by atoms with E-state index in [9.17, 15) is 4.79 Å². The zero-order valence-corrected chi connectivity index (χ0v) is 17.2. The van der Waals surface area contributed by atoms with E-state index in [-0.39, 0.29) is 12.5 Å². The van der Waals surface area contributed by atoms with Crippen LogP contribution in [0.2, 0.25) is 0 Å². The number of benzene rings is 2. The summed E-state index contributed by atoms with van der Waals surface area (Å²) in [6.07, 6.45) is 0. The van der Waals surface area contributed by atoms with E-state index in [0.717, 1.165) is 40.1 Å². The van der Waals surface area contributed by atoms with Crippen LogP contribution in [0.3, 0.4) is 0 Å². The number of aryl methyl sites for hydroxylation is 2. The van der Waals surface area contributed by atoms with Gasteiger partial charge in [-0.25, -0.2) is 0 Å². The highest BCUT2D eigenvalue weighted by Gasteiger charge is 2.15. The van der Waals surface area contributed by atoms with Crippen molar-refractivity contribution in [1.82, 2.24) is 14.8 Å². The molecule has 0 aliphatic rings. The highest BCUT2D eigenvalue weighted by Crippen LogP contribution is 2.33. The zero-order chi connectivity index (χ0) is 21.1. The van der Waals surface area contributed by atoms with Gasteiger partial charge < -0.3 is 19.4 Å². The molecule has 7 heteroatoms. The molecule has 2 aromatic carbocycles. The summed E-state index contributed by atoms with van der Waals surface area (Å²) >= 11 is 0. The monoisotopic (exact) mass is 404 g/mol. The van der Waals surface area contributed by atoms with Gasteiger partial charge >= 0.3 is 0 Å². The van der Waals surface area contributed by atoms with Crippen LogP contribution in [0.5, 0.6) is 11.5 Å². The van der Waals surface area contributed by atoms with Crippen molar-refractivity contribution >= 4 is 22.6 Å². The van der Waals surface area contributed by atoms with Gasteiger partial charge in [0.1, 0.15) is 11.5 Å². The Morgan fingerprint density at radius 1 is 1.13 bits per heavy atom. The number of nitrogens with zero attached hydrogens (tertiary/aromatic N) is 2. The third-order valence-electron chi connectivity index (χ3n) is 5.02. The van der Waals surface area contributed by atoms with Crippen molar-refractivity contribution < 1.29 is 14.3 Å². The van der Waals surface area contributed by atoms with Crippen LogP contribution in [0.25, 0.3) is 22.3 Å². The van der Waals surface area contributed by atoms with Gasteiger partial charge in [-0.2, -0.15) is 5.10 Å². The highest BCUT2D eigenvalue weighted by molar-refractivity contribution is 5.93. The molecule has 0 saturated carbocycles. The Hall–Kier alpha value is -3.74. The second-order valence-corrected chi connectivity index (χ2v) is 6.94. The fourth-order valence-corrected chi connectivity index (χ4v) is 3.56. The number of carbonyl (C=O) groups excluding carboxylic acids is 1. The molecule has 0 bridgehead atoms. The summed E-state index contributed by atoms with van der Waals surface area (Å²) in [6, 6.07) is 17.5. The number of ether oxygens (including phenoxy) is 2. The molecule has 4 rings (SSSR count). The number of rotatable bonds is 7. The molecular weight excluding hydrogens is 380 g/mol. The van der Waals surface area contributed by atoms with Crippen LogP contribution in [0.4, 0.5) is 5.82 Å². The number of anilines is 1. The van der Waals surface area contributed by atoms with Crippen molar-refractivity contribution in [3.63, 3.8) is 0 Å². The number of para-hydroxylation sites is 1. The minimum atomic E-state index is -0.269. The number of amides is 1. The predicted octanol–water partition coefficient (Wildman–Crippen LogP) is 4.39. The maximum absolute atomic E-state index is 12.3. The maximum atomic E-state index is 12.3. The van der Waals surface area contributed by atoms with Gasteiger partial charge in [0.05, 0.1) is 24.0 Å². The van der Waals surface area contributed by atoms with Gasteiger partial charge in [0.2, 0.25) is 0 Å². The van der Waals surface area contributed by atoms with Crippen LogP contribution in [0.1, 0.15) is 12.5 Å². The number of carbonyl (C=O) groups is 1. The van der Waals surface area contributed by atoms with Crippen molar-refractivity contribution in [2.75, 3.05) is 19.0 Å². The Morgan fingerprint density at radius 2 is 1.93 bits per heavy atom. The number of aromatic amines is 1. The summed E-state index contributed by atoms with van der Waals surface area (Å²) in [5, 5.41) is 11.1. The first kappa shape index (κ1) is 19.6. The largest absolute Gasteiger partial charge is 0.496 e. The van der Waals surface area contributed by atoms with Gasteiger partial charge in [-0.15, -0.1) is 0 Å². The summed E-state index contributed by atoms with van der Waals surface area (Å²) in [6.45, 7) is 4.73. The highest BCUT2D eigenvalue weighted by atomic mass is 16.5. The van der Waals surface area contributed by atoms with E-state index < -0.39 is 0 Å². The summed E-state index contributed by atoms with van der Waals surface area (Å²) in [7, 11) is 1.67. The molecule has 2 heterocycles. The molecule has 0 aliphatic heterocycles. The normalized spacial score (nSPS) is 10.9. The summed E-state index contributed by atoms with van der Waals surface area (Å²) in [4.78, 5) is 12.3. The fourth-order valence-electron chi connectivity index (χ4n) is 3.56. The van der Waals surface area contributed by atoms with Gasteiger partial charge in [-0.3, -0.25) is 9.89 Å². The smallest absolute Gasteiger partial charge is 0.263 e. The minimum Gasteiger partial charge on any atom is -0.496 e. The lowest BCUT2D eigenvalue weighted by molar-refractivity contribution is -0.118. The third kappa shape index (κ3) is 3.74. The second kappa shape index (κ2) is 8.32. The summed E-state index contributed by atoms with van der Waals surface area (Å²) < 4.78 is 13.3. The lowest BCUT2D eigenvalue weighted by Gasteiger charge is -2.08. The Balaban J connectivity index is 1.51. The number of nitrogens with one attached hydrogen (secondary N) is 2. The molecule has 7 nitrogen and oxygen atoms in total. The van der Waals surface area contributed by atoms with E-state index in [0.29, 0.717) is 11.6 Å². The molecule has 0 aliphatic carbocycles. The molecule has 0 radical (unpaired) electrons. The van der Waals surface area contributed by atoms with Gasteiger partial charge in [0, 0.05) is 18.0 Å². The first-order valence-electron chi connectivity index (χ1n) is 9.81. The number of H-pyrrole nitrogens is 1. The number of aromatic nitrogens is 3. The SMILES string of the molecule is CCn1c(-c2cc(NC(=O)COc3ccccc3C)n[nH]2)cc2c(OC)cccc21. The van der Waals surface area contributed by atoms with Crippen LogP contribution in [0, 0.1) is 6.92 Å². The summed E-state index contributed by atoms with van der Waals surface area (Å²) in [5.74, 6) is 1.69. The third-order valence-corrected chi connectivity index (χ3v) is 5.02. The van der Waals surface area contributed by atoms with Gasteiger partial charge in [-0.1, -0.05) is 24.3 Å². The van der Waals surface area contributed by atoms with Crippen LogP contribution in [-0.2, 0) is 11.3 Å². The molecule has 4 aromatic rings. The molecular formula is C23H24N4O3. The molecule has 30 heavy (non-hydrogen) atoms. The molecule has 2 aromatic heterocycles. The average molecular weight is 404 g/mol. The van der Waals surface area contributed by atoms with Crippen molar-refractivity contribution in [3.8, 4) is 22.9 Å². The first-order valence-corrected chi connectivity index (χ1v) is 9.81. The molecule has 154 valence electrons. The van der Waals surface area contributed by atoms with E-state index in [2.05, 4.69) is 39.1 Å². The number of hydrogen-bond acceptors (Lipinski definition) is 4. The molecule has 0 spiro atoms. The Kier molecular flexibility index (Phi) is 5.43. The average Bonchev–Trinajstić information content (AvgIpc) is 3.36. The summed E-state index contributed by atoms with van der Waals surface area (Å²) in [5.41, 5.74) is 3.85. The van der Waals surface area contributed by atoms with Crippen LogP contribution in [-0.4, -0.2) is 34.4 Å². The second-order valence-electron chi connectivity index (χ2n) is 6.94. The van der Waals surface area contributed by atoms with Gasteiger partial charge in [0.15, 0.2) is 12.4 Å². The quantitative estimate of drug-likeness (QED) is 0.479. The van der Waals surface area contributed by atoms with Gasteiger partial charge in [-0.05, 0) is 43.7 Å². The molecule has 0 fully saturated rings. The molecule has 2 N–H and O–H groups in total. The van der Waals surface area contributed by atoms with Crippen molar-refractivity contribution in [1.29, 1.82) is 0 Å². The Labute approximate surface area is 174 Å². The van der Waals surface area contributed by atoms with Crippen LogP contribution < -0.4 is 14.8 Å². The number of fused-ring (bicyclic) bond motifs is 1. The van der Waals surface area contributed by atoms with Crippen molar-refractivity contribution in [3.05, 3.63) is 60.2 Å². The maximum Gasteiger partial charge on any atom is 0.263 e. The van der Waals surface area contributed by atoms with Crippen LogP contribution >= 0.6 is 0 Å². The first-order chi connectivity index (χ1) is 14.6. The topological polar surface area (TPSA) is 81.2 Å². The van der Waals surface area contributed by atoms with E-state index in [1.54, 1.807) is 7.11 Å². The van der Waals surface area contributed by atoms with E-state index in [4.69, 9.17) is 9.47 Å². The lowest BCUT2D eigenvalue weighted by Crippen LogP contribution is -2.20. The zero-order valence-electron chi connectivity index (χ0n) is 17.2. The van der Waals surface area contributed by atoms with E-state index >= 15 is 0 Å². The molecule has 0 atom stereocenters. The minimum absolute atomic E-state index is 0.0839. The van der Waals surface area contributed by atoms with Crippen molar-refractivity contribution in [2.24, 2.45) is 0 Å². The molecule has 0 unspecified atom stereocenters. The van der Waals surface area contributed by atoms with E-state index in [1.165, 1.54) is 0 Å². The number of methoxy groups -OCH3 is 1. The predicted molar refractivity (Wildman–Crippen MR) is 117 cm³/mol. The van der Waals surface area contributed by atoms with Crippen LogP contribution in [0.15, 0.2) is 54.6 Å². The van der Waals surface area contributed by atoms with E-state index in [1.807, 2.05) is 49.4 Å². The van der Waals surface area contributed by atoms with Gasteiger partial charge in [0.25, 0.3) is 5.91 Å². The number of hydrogen-bond donors (Lipinski definition) is 2.